The number of methoxy groups -OCH3 is 1. The largest absolute Gasteiger partial charge is 0.497 e. The van der Waals surface area contributed by atoms with Gasteiger partial charge in [0.15, 0.2) is 0 Å². The number of allylic oxidation sites excluding steroid dienone is 1. The number of aromatic nitrogens is 1. The number of Topliss-reactive ketones (excluding diaryl/α,β-unsaturated/α-hetero) is 1. The van der Waals surface area contributed by atoms with E-state index in [9.17, 15) is 4.79 Å². The van der Waals surface area contributed by atoms with Crippen molar-refractivity contribution in [3.8, 4) is 5.75 Å². The Kier molecular flexibility index (Phi) is 4.74. The minimum Gasteiger partial charge on any atom is -0.497 e. The zero-order valence-electron chi connectivity index (χ0n) is 14.6. The molecule has 0 N–H and O–H groups in total. The summed E-state index contributed by atoms with van der Waals surface area (Å²) in [6.07, 6.45) is 6.80. The topological polar surface area (TPSA) is 34.5 Å². The molecule has 0 radical (unpaired) electrons. The molecule has 0 saturated carbocycles. The van der Waals surface area contributed by atoms with Crippen LogP contribution >= 0.6 is 0 Å². The number of carbonyl (C=O) groups is 1. The third kappa shape index (κ3) is 3.37. The minimum atomic E-state index is 0.157. The van der Waals surface area contributed by atoms with Gasteiger partial charge in [-0.3, -0.25) is 4.79 Å². The summed E-state index contributed by atoms with van der Waals surface area (Å²) in [6.45, 7) is 0.674. The molecule has 0 unspecified atom stereocenters. The van der Waals surface area contributed by atoms with Crippen molar-refractivity contribution in [2.75, 3.05) is 21.2 Å². The Balaban J connectivity index is 1.95. The molecule has 0 amide bonds. The van der Waals surface area contributed by atoms with Crippen molar-refractivity contribution in [3.63, 3.8) is 0 Å². The minimum absolute atomic E-state index is 0.157. The van der Waals surface area contributed by atoms with Gasteiger partial charge >= 0.3 is 0 Å². The van der Waals surface area contributed by atoms with Crippen molar-refractivity contribution in [3.05, 3.63) is 65.1 Å². The normalized spacial score (nSPS) is 16.0. The van der Waals surface area contributed by atoms with E-state index in [0.29, 0.717) is 6.54 Å². The highest BCUT2D eigenvalue weighted by Crippen LogP contribution is 2.26. The Morgan fingerprint density at radius 2 is 2.08 bits per heavy atom. The zero-order chi connectivity index (χ0) is 17.1. The molecular formula is C20H24N2O2. The Morgan fingerprint density at radius 3 is 2.83 bits per heavy atom. The van der Waals surface area contributed by atoms with Crippen molar-refractivity contribution in [1.82, 2.24) is 9.47 Å². The van der Waals surface area contributed by atoms with Gasteiger partial charge in [0.25, 0.3) is 0 Å². The number of hydrogen-bond acceptors (Lipinski definition) is 3. The van der Waals surface area contributed by atoms with Gasteiger partial charge < -0.3 is 14.2 Å². The van der Waals surface area contributed by atoms with E-state index in [2.05, 4.69) is 16.7 Å². The zero-order valence-corrected chi connectivity index (χ0v) is 14.6. The van der Waals surface area contributed by atoms with E-state index in [1.54, 1.807) is 7.11 Å². The van der Waals surface area contributed by atoms with Gasteiger partial charge in [-0.2, -0.15) is 0 Å². The first kappa shape index (κ1) is 16.4. The highest BCUT2D eigenvalue weighted by atomic mass is 16.5. The standard InChI is InChI=1S/C20H24N2O2/c1-21(2)14-17-8-5-7-16-10-11-22(19(16)20(17)23)13-15-6-4-9-18(12-15)24-3/h4,6,9-12,14H,5,7-8,13H2,1-3H3/b17-14+. The molecule has 1 aliphatic rings. The summed E-state index contributed by atoms with van der Waals surface area (Å²) in [5.74, 6) is 0.995. The van der Waals surface area contributed by atoms with Crippen molar-refractivity contribution in [2.24, 2.45) is 0 Å². The second kappa shape index (κ2) is 6.95. The highest BCUT2D eigenvalue weighted by Gasteiger charge is 2.24. The maximum Gasteiger partial charge on any atom is 0.207 e. The molecule has 0 bridgehead atoms. The first-order chi connectivity index (χ1) is 11.6. The molecule has 2 aromatic rings. The lowest BCUT2D eigenvalue weighted by atomic mass is 10.1. The number of ketones is 1. The average molecular weight is 324 g/mol. The summed E-state index contributed by atoms with van der Waals surface area (Å²) >= 11 is 0. The first-order valence-electron chi connectivity index (χ1n) is 8.31. The summed E-state index contributed by atoms with van der Waals surface area (Å²) in [5, 5.41) is 0. The predicted octanol–water partition coefficient (Wildman–Crippen LogP) is 3.51. The Bertz CT molecular complexity index is 772. The van der Waals surface area contributed by atoms with Gasteiger partial charge in [0.2, 0.25) is 5.78 Å². The number of hydrogen-bond donors (Lipinski definition) is 0. The predicted molar refractivity (Wildman–Crippen MR) is 95.6 cm³/mol. The summed E-state index contributed by atoms with van der Waals surface area (Å²) in [7, 11) is 5.59. The fourth-order valence-electron chi connectivity index (χ4n) is 3.26. The van der Waals surface area contributed by atoms with E-state index in [0.717, 1.165) is 47.4 Å². The monoisotopic (exact) mass is 324 g/mol. The SMILES string of the molecule is COc1cccc(Cn2ccc3c2C(=O)/C(=C/N(C)C)CCC3)c1. The molecule has 126 valence electrons. The molecule has 24 heavy (non-hydrogen) atoms. The molecule has 1 heterocycles. The Morgan fingerprint density at radius 1 is 1.25 bits per heavy atom. The lowest BCUT2D eigenvalue weighted by molar-refractivity contribution is 0.102. The average Bonchev–Trinajstić information content (AvgIpc) is 2.88. The number of carbonyl (C=O) groups excluding carboxylic acids is 1. The molecule has 0 spiro atoms. The van der Waals surface area contributed by atoms with Gasteiger partial charge in [-0.25, -0.2) is 0 Å². The fourth-order valence-corrected chi connectivity index (χ4v) is 3.26. The Labute approximate surface area is 143 Å². The van der Waals surface area contributed by atoms with Crippen LogP contribution in [0.2, 0.25) is 0 Å². The molecule has 0 atom stereocenters. The number of benzene rings is 1. The summed E-state index contributed by atoms with van der Waals surface area (Å²) < 4.78 is 7.37. The maximum atomic E-state index is 13.0. The number of ether oxygens (including phenoxy) is 1. The van der Waals surface area contributed by atoms with E-state index in [4.69, 9.17) is 4.74 Å². The second-order valence-electron chi connectivity index (χ2n) is 6.47. The lowest BCUT2D eigenvalue weighted by Gasteiger charge is -2.13. The molecule has 0 fully saturated rings. The quantitative estimate of drug-likeness (QED) is 0.637. The molecule has 0 aliphatic heterocycles. The smallest absolute Gasteiger partial charge is 0.207 e. The van der Waals surface area contributed by atoms with Crippen molar-refractivity contribution in [1.29, 1.82) is 0 Å². The summed E-state index contributed by atoms with van der Waals surface area (Å²) in [5.41, 5.74) is 4.01. The van der Waals surface area contributed by atoms with Crippen molar-refractivity contribution in [2.45, 2.75) is 25.8 Å². The number of fused-ring (bicyclic) bond motifs is 1. The van der Waals surface area contributed by atoms with Gasteiger partial charge in [-0.1, -0.05) is 12.1 Å². The molecule has 1 aromatic heterocycles. The van der Waals surface area contributed by atoms with Gasteiger partial charge in [0.05, 0.1) is 12.8 Å². The van der Waals surface area contributed by atoms with E-state index in [1.165, 1.54) is 0 Å². The number of aryl methyl sites for hydroxylation is 1. The molecular weight excluding hydrogens is 300 g/mol. The van der Waals surface area contributed by atoms with Crippen molar-refractivity contribution >= 4 is 5.78 Å². The molecule has 1 aliphatic carbocycles. The fraction of sp³-hybridized carbons (Fsp3) is 0.350. The van der Waals surface area contributed by atoms with Gasteiger partial charge in [0, 0.05) is 38.6 Å². The van der Waals surface area contributed by atoms with E-state index in [1.807, 2.05) is 49.6 Å². The summed E-state index contributed by atoms with van der Waals surface area (Å²) in [6, 6.07) is 10.1. The molecule has 3 rings (SSSR count). The maximum absolute atomic E-state index is 13.0. The number of rotatable bonds is 4. The van der Waals surface area contributed by atoms with E-state index >= 15 is 0 Å². The van der Waals surface area contributed by atoms with Gasteiger partial charge in [0.1, 0.15) is 5.75 Å². The molecule has 4 nitrogen and oxygen atoms in total. The van der Waals surface area contributed by atoms with Crippen LogP contribution in [-0.4, -0.2) is 36.5 Å². The first-order valence-corrected chi connectivity index (χ1v) is 8.31. The van der Waals surface area contributed by atoms with E-state index < -0.39 is 0 Å². The highest BCUT2D eigenvalue weighted by molar-refractivity contribution is 6.09. The van der Waals surface area contributed by atoms with Crippen LogP contribution in [0.25, 0.3) is 0 Å². The number of nitrogens with zero attached hydrogens (tertiary/aromatic N) is 2. The van der Waals surface area contributed by atoms with Crippen LogP contribution in [0.4, 0.5) is 0 Å². The van der Waals surface area contributed by atoms with Gasteiger partial charge in [-0.05, 0) is 48.6 Å². The van der Waals surface area contributed by atoms with Crippen LogP contribution < -0.4 is 4.74 Å². The van der Waals surface area contributed by atoms with E-state index in [-0.39, 0.29) is 5.78 Å². The second-order valence-corrected chi connectivity index (χ2v) is 6.47. The van der Waals surface area contributed by atoms with Crippen LogP contribution in [-0.2, 0) is 13.0 Å². The van der Waals surface area contributed by atoms with Crippen LogP contribution in [0, 0.1) is 0 Å². The molecule has 0 saturated heterocycles. The lowest BCUT2D eigenvalue weighted by Crippen LogP contribution is -2.14. The third-order valence-electron chi connectivity index (χ3n) is 4.35. The van der Waals surface area contributed by atoms with Crippen LogP contribution in [0.15, 0.2) is 48.3 Å². The van der Waals surface area contributed by atoms with Crippen LogP contribution in [0.1, 0.15) is 34.5 Å². The Hall–Kier alpha value is -2.49. The van der Waals surface area contributed by atoms with Crippen LogP contribution in [0.3, 0.4) is 0 Å². The van der Waals surface area contributed by atoms with Gasteiger partial charge in [-0.15, -0.1) is 0 Å². The van der Waals surface area contributed by atoms with Crippen LogP contribution in [0.5, 0.6) is 5.75 Å². The third-order valence-corrected chi connectivity index (χ3v) is 4.35. The molecule has 4 heteroatoms. The van der Waals surface area contributed by atoms with Crippen molar-refractivity contribution < 1.29 is 9.53 Å². The summed E-state index contributed by atoms with van der Waals surface area (Å²) in [4.78, 5) is 15.0. The molecule has 1 aromatic carbocycles.